The predicted octanol–water partition coefficient (Wildman–Crippen LogP) is 0.406. The Kier molecular flexibility index (Phi) is 1.44. The Labute approximate surface area is 53.3 Å². The van der Waals surface area contributed by atoms with Crippen molar-refractivity contribution in [3.8, 4) is 0 Å². The maximum absolute atomic E-state index is 5.29. The van der Waals surface area contributed by atoms with Crippen molar-refractivity contribution in [1.29, 1.82) is 0 Å². The van der Waals surface area contributed by atoms with Gasteiger partial charge >= 0.3 is 0 Å². The zero-order chi connectivity index (χ0) is 6.69. The summed E-state index contributed by atoms with van der Waals surface area (Å²) in [7, 11) is 0. The number of rotatable bonds is 1. The standard InChI is InChI=1S/C6H7N3/c1-5(7)6-8-3-2-4-9-6/h2-4H,1,7H2. The van der Waals surface area contributed by atoms with Gasteiger partial charge in [0.25, 0.3) is 0 Å². The minimum Gasteiger partial charge on any atom is -0.396 e. The van der Waals surface area contributed by atoms with Gasteiger partial charge in [0, 0.05) is 12.4 Å². The molecule has 0 unspecified atom stereocenters. The smallest absolute Gasteiger partial charge is 0.174 e. The fourth-order valence-corrected chi connectivity index (χ4v) is 0.465. The molecular weight excluding hydrogens is 114 g/mol. The quantitative estimate of drug-likeness (QED) is 0.585. The van der Waals surface area contributed by atoms with E-state index in [0.29, 0.717) is 11.5 Å². The van der Waals surface area contributed by atoms with Crippen LogP contribution in [0, 0.1) is 0 Å². The maximum Gasteiger partial charge on any atom is 0.174 e. The van der Waals surface area contributed by atoms with Crippen molar-refractivity contribution < 1.29 is 0 Å². The van der Waals surface area contributed by atoms with Gasteiger partial charge in [0.05, 0.1) is 5.70 Å². The first-order chi connectivity index (χ1) is 4.30. The van der Waals surface area contributed by atoms with Gasteiger partial charge in [-0.1, -0.05) is 6.58 Å². The molecule has 1 aromatic rings. The summed E-state index contributed by atoms with van der Waals surface area (Å²) in [6.07, 6.45) is 3.25. The van der Waals surface area contributed by atoms with E-state index in [1.807, 2.05) is 0 Å². The van der Waals surface area contributed by atoms with E-state index in [-0.39, 0.29) is 0 Å². The molecule has 0 aliphatic rings. The van der Waals surface area contributed by atoms with Crippen molar-refractivity contribution in [1.82, 2.24) is 9.97 Å². The summed E-state index contributed by atoms with van der Waals surface area (Å²) in [6, 6.07) is 1.73. The van der Waals surface area contributed by atoms with E-state index in [1.54, 1.807) is 18.5 Å². The van der Waals surface area contributed by atoms with Gasteiger partial charge in [0.15, 0.2) is 5.82 Å². The Morgan fingerprint density at radius 2 is 2.00 bits per heavy atom. The van der Waals surface area contributed by atoms with Gasteiger partial charge in [-0.15, -0.1) is 0 Å². The molecule has 2 N–H and O–H groups in total. The van der Waals surface area contributed by atoms with E-state index in [0.717, 1.165) is 0 Å². The molecule has 46 valence electrons. The van der Waals surface area contributed by atoms with Crippen molar-refractivity contribution in [2.75, 3.05) is 0 Å². The van der Waals surface area contributed by atoms with E-state index in [9.17, 15) is 0 Å². The molecule has 0 saturated heterocycles. The SMILES string of the molecule is C=C(N)c1ncccn1. The lowest BCUT2D eigenvalue weighted by Gasteiger charge is -1.92. The molecule has 0 saturated carbocycles. The number of hydrogen-bond acceptors (Lipinski definition) is 3. The second-order valence-electron chi connectivity index (χ2n) is 1.60. The first-order valence-electron chi connectivity index (χ1n) is 2.52. The minimum absolute atomic E-state index is 0.399. The van der Waals surface area contributed by atoms with Crippen LogP contribution < -0.4 is 5.73 Å². The van der Waals surface area contributed by atoms with Crippen LogP contribution in [-0.4, -0.2) is 9.97 Å². The van der Waals surface area contributed by atoms with Crippen LogP contribution in [-0.2, 0) is 0 Å². The largest absolute Gasteiger partial charge is 0.396 e. The second-order valence-corrected chi connectivity index (χ2v) is 1.60. The Hall–Kier alpha value is -1.38. The molecule has 3 nitrogen and oxygen atoms in total. The molecule has 0 aliphatic carbocycles. The number of nitrogens with zero attached hydrogens (tertiary/aromatic N) is 2. The van der Waals surface area contributed by atoms with Crippen LogP contribution in [0.5, 0.6) is 0 Å². The van der Waals surface area contributed by atoms with E-state index in [4.69, 9.17) is 5.73 Å². The summed E-state index contributed by atoms with van der Waals surface area (Å²) in [5, 5.41) is 0. The van der Waals surface area contributed by atoms with Crippen molar-refractivity contribution >= 4 is 5.70 Å². The average molecular weight is 121 g/mol. The Balaban J connectivity index is 2.98. The molecule has 0 spiro atoms. The van der Waals surface area contributed by atoms with E-state index >= 15 is 0 Å². The molecule has 0 aliphatic heterocycles. The van der Waals surface area contributed by atoms with Crippen LogP contribution in [0.1, 0.15) is 5.82 Å². The second kappa shape index (κ2) is 2.26. The van der Waals surface area contributed by atoms with Gasteiger partial charge in [0.1, 0.15) is 0 Å². The molecule has 0 amide bonds. The minimum atomic E-state index is 0.399. The molecule has 1 aromatic heterocycles. The van der Waals surface area contributed by atoms with Crippen molar-refractivity contribution in [3.63, 3.8) is 0 Å². The molecule has 1 rings (SSSR count). The molecule has 0 aromatic carbocycles. The highest BCUT2D eigenvalue weighted by Crippen LogP contribution is 1.93. The van der Waals surface area contributed by atoms with Crippen LogP contribution >= 0.6 is 0 Å². The van der Waals surface area contributed by atoms with E-state index in [1.165, 1.54) is 0 Å². The fourth-order valence-electron chi connectivity index (χ4n) is 0.465. The molecule has 0 bridgehead atoms. The van der Waals surface area contributed by atoms with Crippen molar-refractivity contribution in [3.05, 3.63) is 30.9 Å². The summed E-state index contributed by atoms with van der Waals surface area (Å²) >= 11 is 0. The van der Waals surface area contributed by atoms with Gasteiger partial charge in [0.2, 0.25) is 0 Å². The maximum atomic E-state index is 5.29. The predicted molar refractivity (Wildman–Crippen MR) is 35.3 cm³/mol. The van der Waals surface area contributed by atoms with Gasteiger partial charge < -0.3 is 5.73 Å². The molecule has 1 heterocycles. The lowest BCUT2D eigenvalue weighted by Crippen LogP contribution is -1.98. The van der Waals surface area contributed by atoms with E-state index < -0.39 is 0 Å². The van der Waals surface area contributed by atoms with E-state index in [2.05, 4.69) is 16.5 Å². The topological polar surface area (TPSA) is 51.8 Å². The lowest BCUT2D eigenvalue weighted by atomic mass is 10.5. The van der Waals surface area contributed by atoms with Crippen LogP contribution in [0.4, 0.5) is 0 Å². The summed E-state index contributed by atoms with van der Waals surface area (Å²) in [5.41, 5.74) is 5.69. The Bertz CT molecular complexity index is 205. The van der Waals surface area contributed by atoms with Crippen molar-refractivity contribution in [2.24, 2.45) is 5.73 Å². The van der Waals surface area contributed by atoms with Crippen LogP contribution in [0.25, 0.3) is 5.70 Å². The zero-order valence-electron chi connectivity index (χ0n) is 4.91. The van der Waals surface area contributed by atoms with Gasteiger partial charge in [-0.3, -0.25) is 0 Å². The average Bonchev–Trinajstić information content (AvgIpc) is 1.90. The highest BCUT2D eigenvalue weighted by molar-refractivity contribution is 5.51. The molecule has 0 atom stereocenters. The fraction of sp³-hybridized carbons (Fsp3) is 0. The number of aromatic nitrogens is 2. The summed E-state index contributed by atoms with van der Waals surface area (Å²) < 4.78 is 0. The van der Waals surface area contributed by atoms with Crippen LogP contribution in [0.15, 0.2) is 25.0 Å². The van der Waals surface area contributed by atoms with Crippen LogP contribution in [0.2, 0.25) is 0 Å². The van der Waals surface area contributed by atoms with Crippen molar-refractivity contribution in [2.45, 2.75) is 0 Å². The molecule has 0 fully saturated rings. The Morgan fingerprint density at radius 3 is 2.33 bits per heavy atom. The summed E-state index contributed by atoms with van der Waals surface area (Å²) in [5.74, 6) is 0.498. The third-order valence-corrected chi connectivity index (χ3v) is 0.853. The van der Waals surface area contributed by atoms with Crippen LogP contribution in [0.3, 0.4) is 0 Å². The lowest BCUT2D eigenvalue weighted by molar-refractivity contribution is 1.11. The number of hydrogen-bond donors (Lipinski definition) is 1. The molecule has 9 heavy (non-hydrogen) atoms. The van der Waals surface area contributed by atoms with Gasteiger partial charge in [-0.05, 0) is 6.07 Å². The molecule has 3 heteroatoms. The highest BCUT2D eigenvalue weighted by atomic mass is 14.9. The third kappa shape index (κ3) is 1.25. The third-order valence-electron chi connectivity index (χ3n) is 0.853. The number of nitrogens with two attached hydrogens (primary N) is 1. The zero-order valence-corrected chi connectivity index (χ0v) is 4.91. The first kappa shape index (κ1) is 5.75. The molecule has 0 radical (unpaired) electrons. The van der Waals surface area contributed by atoms with Gasteiger partial charge in [-0.25, -0.2) is 9.97 Å². The normalized spacial score (nSPS) is 8.89. The monoisotopic (exact) mass is 121 g/mol. The van der Waals surface area contributed by atoms with Gasteiger partial charge in [-0.2, -0.15) is 0 Å². The Morgan fingerprint density at radius 1 is 1.44 bits per heavy atom. The highest BCUT2D eigenvalue weighted by Gasteiger charge is 1.90. The summed E-state index contributed by atoms with van der Waals surface area (Å²) in [4.78, 5) is 7.69. The first-order valence-corrected chi connectivity index (χ1v) is 2.52. The molecular formula is C6H7N3. The summed E-state index contributed by atoms with van der Waals surface area (Å²) in [6.45, 7) is 3.48.